The number of amidine groups is 1. The largest absolute Gasteiger partial charge is 0.463 e. The summed E-state index contributed by atoms with van der Waals surface area (Å²) in [5.74, 6) is -0.487. The molecule has 8 heteroatoms. The van der Waals surface area contributed by atoms with Gasteiger partial charge in [-0.05, 0) is 43.2 Å². The van der Waals surface area contributed by atoms with Crippen LogP contribution in [0.25, 0.3) is 5.70 Å². The van der Waals surface area contributed by atoms with Gasteiger partial charge in [0.1, 0.15) is 0 Å². The lowest BCUT2D eigenvalue weighted by molar-refractivity contribution is -0.139. The third-order valence-electron chi connectivity index (χ3n) is 6.73. The van der Waals surface area contributed by atoms with Crippen molar-refractivity contribution < 1.29 is 19.1 Å². The fourth-order valence-corrected chi connectivity index (χ4v) is 5.85. The monoisotopic (exact) mass is 517 g/mol. The highest BCUT2D eigenvalue weighted by Crippen LogP contribution is 2.47. The van der Waals surface area contributed by atoms with E-state index in [9.17, 15) is 9.59 Å². The van der Waals surface area contributed by atoms with E-state index in [1.54, 1.807) is 6.92 Å². The van der Waals surface area contributed by atoms with Gasteiger partial charge in [-0.25, -0.2) is 9.79 Å². The van der Waals surface area contributed by atoms with E-state index in [-0.39, 0.29) is 25.0 Å². The Morgan fingerprint density at radius 2 is 1.95 bits per heavy atom. The summed E-state index contributed by atoms with van der Waals surface area (Å²) in [7, 11) is 0. The minimum atomic E-state index is -0.477. The van der Waals surface area contributed by atoms with Crippen LogP contribution in [0.4, 0.5) is 0 Å². The molecule has 7 nitrogen and oxygen atoms in total. The highest BCUT2D eigenvalue weighted by atomic mass is 32.2. The average Bonchev–Trinajstić information content (AvgIpc) is 3.58. The molecule has 2 aromatic rings. The Kier molecular flexibility index (Phi) is 7.76. The van der Waals surface area contributed by atoms with Crippen molar-refractivity contribution in [2.75, 3.05) is 19.8 Å². The fraction of sp³-hybridized carbons (Fsp3) is 0.345. The van der Waals surface area contributed by atoms with E-state index in [1.165, 1.54) is 11.8 Å². The van der Waals surface area contributed by atoms with Crippen molar-refractivity contribution in [2.45, 2.75) is 45.3 Å². The molecule has 5 rings (SSSR count). The average molecular weight is 518 g/mol. The van der Waals surface area contributed by atoms with Crippen molar-refractivity contribution in [2.24, 2.45) is 4.99 Å². The molecular formula is C29H31N3O4S. The van der Waals surface area contributed by atoms with Crippen LogP contribution in [-0.4, -0.2) is 47.8 Å². The van der Waals surface area contributed by atoms with Gasteiger partial charge in [-0.15, -0.1) is 0 Å². The molecule has 1 N–H and O–H groups in total. The van der Waals surface area contributed by atoms with Crippen LogP contribution in [-0.2, 0) is 19.1 Å². The van der Waals surface area contributed by atoms with E-state index < -0.39 is 12.0 Å². The second-order valence-corrected chi connectivity index (χ2v) is 10.1. The number of hydrogen-bond donors (Lipinski definition) is 1. The van der Waals surface area contributed by atoms with Gasteiger partial charge in [0.15, 0.2) is 5.17 Å². The summed E-state index contributed by atoms with van der Waals surface area (Å²) in [5.41, 5.74) is 4.74. The third kappa shape index (κ3) is 5.36. The first-order chi connectivity index (χ1) is 18.1. The molecule has 0 saturated carbocycles. The van der Waals surface area contributed by atoms with Crippen LogP contribution in [0.1, 0.15) is 48.9 Å². The third-order valence-corrected chi connectivity index (χ3v) is 7.62. The Morgan fingerprint density at radius 3 is 2.68 bits per heavy atom. The normalized spacial score (nSPS) is 20.9. The summed E-state index contributed by atoms with van der Waals surface area (Å²) in [4.78, 5) is 33.5. The van der Waals surface area contributed by atoms with E-state index >= 15 is 0 Å². The summed E-state index contributed by atoms with van der Waals surface area (Å²) in [5, 5.41) is 5.72. The van der Waals surface area contributed by atoms with E-state index in [4.69, 9.17) is 14.5 Å². The van der Waals surface area contributed by atoms with Gasteiger partial charge in [0, 0.05) is 24.4 Å². The van der Waals surface area contributed by atoms with Crippen molar-refractivity contribution in [3.8, 4) is 0 Å². The molecule has 3 aliphatic heterocycles. The van der Waals surface area contributed by atoms with Gasteiger partial charge < -0.3 is 19.7 Å². The number of carbonyl (C=O) groups excluding carboxylic acids is 2. The standard InChI is InChI=1S/C29H31N3O4S/c1-3-35-28(34)25-26(20-11-5-4-6-12-20)31-29-32(27(25)23-14-8-7-10-19(23)2)21(18-37-29)16-24(33)30-17-22-13-9-15-36-22/h4-8,10-12,14,18,22,27H,3,9,13,15-17H2,1-2H3,(H,30,33). The molecule has 1 saturated heterocycles. The summed E-state index contributed by atoms with van der Waals surface area (Å²) in [6, 6.07) is 17.3. The van der Waals surface area contributed by atoms with Crippen molar-refractivity contribution in [3.63, 3.8) is 0 Å². The van der Waals surface area contributed by atoms with Gasteiger partial charge >= 0.3 is 5.97 Å². The van der Waals surface area contributed by atoms with Crippen LogP contribution in [0.15, 0.2) is 76.3 Å². The first-order valence-electron chi connectivity index (χ1n) is 12.7. The van der Waals surface area contributed by atoms with Crippen molar-refractivity contribution in [1.82, 2.24) is 10.2 Å². The first-order valence-corrected chi connectivity index (χ1v) is 13.6. The summed E-state index contributed by atoms with van der Waals surface area (Å²) < 4.78 is 11.2. The molecule has 0 bridgehead atoms. The number of aliphatic imine (C=N–C) groups is 1. The number of benzene rings is 2. The number of rotatable bonds is 8. The zero-order chi connectivity index (χ0) is 25.8. The molecule has 0 radical (unpaired) electrons. The number of carbonyl (C=O) groups is 2. The fourth-order valence-electron chi connectivity index (χ4n) is 4.94. The van der Waals surface area contributed by atoms with Gasteiger partial charge in [-0.3, -0.25) is 4.79 Å². The van der Waals surface area contributed by atoms with Crippen molar-refractivity contribution in [1.29, 1.82) is 0 Å². The highest BCUT2D eigenvalue weighted by molar-refractivity contribution is 8.16. The maximum atomic E-state index is 13.5. The summed E-state index contributed by atoms with van der Waals surface area (Å²) in [6.45, 7) is 5.35. The number of fused-ring (bicyclic) bond motifs is 1. The Hall–Kier alpha value is -3.36. The van der Waals surface area contributed by atoms with Crippen LogP contribution in [0.5, 0.6) is 0 Å². The second kappa shape index (κ2) is 11.4. The number of amides is 1. The summed E-state index contributed by atoms with van der Waals surface area (Å²) >= 11 is 1.47. The SMILES string of the molecule is CCOC(=O)C1=C(c2ccccc2)N=C2SC=C(CC(=O)NCC3CCCO3)N2C1c1ccccc1C. The molecule has 2 unspecified atom stereocenters. The second-order valence-electron chi connectivity index (χ2n) is 9.22. The molecule has 37 heavy (non-hydrogen) atoms. The topological polar surface area (TPSA) is 80.2 Å². The Morgan fingerprint density at radius 1 is 1.16 bits per heavy atom. The number of thioether (sulfide) groups is 1. The van der Waals surface area contributed by atoms with Crippen LogP contribution in [0.3, 0.4) is 0 Å². The van der Waals surface area contributed by atoms with Gasteiger partial charge in [-0.1, -0.05) is 66.4 Å². The first kappa shape index (κ1) is 25.3. The minimum Gasteiger partial charge on any atom is -0.463 e. The quantitative estimate of drug-likeness (QED) is 0.499. The van der Waals surface area contributed by atoms with Crippen molar-refractivity contribution >= 4 is 34.5 Å². The maximum absolute atomic E-state index is 13.5. The molecule has 2 aromatic carbocycles. The minimum absolute atomic E-state index is 0.0782. The Balaban J connectivity index is 1.54. The van der Waals surface area contributed by atoms with Crippen LogP contribution >= 0.6 is 11.8 Å². The van der Waals surface area contributed by atoms with Gasteiger partial charge in [0.25, 0.3) is 0 Å². The van der Waals surface area contributed by atoms with E-state index in [1.807, 2.05) is 71.8 Å². The Bertz CT molecular complexity index is 1260. The molecule has 3 heterocycles. The molecule has 0 aliphatic carbocycles. The lowest BCUT2D eigenvalue weighted by atomic mass is 9.89. The predicted octanol–water partition coefficient (Wildman–Crippen LogP) is 4.96. The number of aryl methyl sites for hydroxylation is 1. The molecule has 1 amide bonds. The number of nitrogens with zero attached hydrogens (tertiary/aromatic N) is 2. The number of hydrogen-bond acceptors (Lipinski definition) is 7. The van der Waals surface area contributed by atoms with E-state index in [2.05, 4.69) is 5.32 Å². The number of nitrogens with one attached hydrogen (secondary N) is 1. The highest BCUT2D eigenvalue weighted by Gasteiger charge is 2.42. The molecule has 0 spiro atoms. The molecular weight excluding hydrogens is 486 g/mol. The van der Waals surface area contributed by atoms with Gasteiger partial charge in [0.2, 0.25) is 5.91 Å². The zero-order valence-corrected chi connectivity index (χ0v) is 21.9. The number of ether oxygens (including phenoxy) is 2. The molecule has 192 valence electrons. The lowest BCUT2D eigenvalue weighted by Gasteiger charge is -2.37. The molecule has 2 atom stereocenters. The van der Waals surface area contributed by atoms with Gasteiger partial charge in [0.05, 0.1) is 36.4 Å². The molecule has 0 aromatic heterocycles. The lowest BCUT2D eigenvalue weighted by Crippen LogP contribution is -2.39. The smallest absolute Gasteiger partial charge is 0.338 e. The molecule has 3 aliphatic rings. The van der Waals surface area contributed by atoms with Crippen LogP contribution in [0.2, 0.25) is 0 Å². The van der Waals surface area contributed by atoms with E-state index in [0.717, 1.165) is 47.0 Å². The predicted molar refractivity (Wildman–Crippen MR) is 145 cm³/mol. The van der Waals surface area contributed by atoms with Crippen LogP contribution < -0.4 is 5.32 Å². The van der Waals surface area contributed by atoms with Crippen LogP contribution in [0, 0.1) is 6.92 Å². The zero-order valence-electron chi connectivity index (χ0n) is 21.1. The van der Waals surface area contributed by atoms with Crippen molar-refractivity contribution in [3.05, 3.63) is 88.0 Å². The van der Waals surface area contributed by atoms with E-state index in [0.29, 0.717) is 17.8 Å². The Labute approximate surface area is 221 Å². The summed E-state index contributed by atoms with van der Waals surface area (Å²) in [6.07, 6.45) is 2.25. The number of esters is 1. The maximum Gasteiger partial charge on any atom is 0.338 e. The van der Waals surface area contributed by atoms with Gasteiger partial charge in [-0.2, -0.15) is 0 Å². The molecule has 1 fully saturated rings.